The lowest BCUT2D eigenvalue weighted by Crippen LogP contribution is -2.52. The first-order valence-electron chi connectivity index (χ1n) is 9.34. The number of nitrogens with zero attached hydrogens (tertiary/aromatic N) is 3. The molecule has 1 saturated heterocycles. The molecule has 0 amide bonds. The minimum Gasteiger partial charge on any atom is -0.356 e. The van der Waals surface area contributed by atoms with Crippen molar-refractivity contribution in [2.45, 2.75) is 24.3 Å². The summed E-state index contributed by atoms with van der Waals surface area (Å²) < 4.78 is 12.9. The third-order valence-corrected chi connectivity index (χ3v) is 5.74. The van der Waals surface area contributed by atoms with Gasteiger partial charge in [-0.3, -0.25) is 9.89 Å². The van der Waals surface area contributed by atoms with Gasteiger partial charge in [-0.25, -0.2) is 4.39 Å². The molecule has 0 saturated carbocycles. The zero-order valence-corrected chi connectivity index (χ0v) is 19.7. The lowest BCUT2D eigenvalue weighted by molar-refractivity contribution is 0.120. The summed E-state index contributed by atoms with van der Waals surface area (Å²) >= 11 is 1.75. The van der Waals surface area contributed by atoms with E-state index >= 15 is 0 Å². The Labute approximate surface area is 184 Å². The molecule has 27 heavy (non-hydrogen) atoms. The van der Waals surface area contributed by atoms with Crippen LogP contribution in [0.5, 0.6) is 0 Å². The van der Waals surface area contributed by atoms with Crippen molar-refractivity contribution in [3.63, 3.8) is 0 Å². The molecule has 1 aromatic carbocycles. The molecular weight excluding hydrogens is 476 g/mol. The summed E-state index contributed by atoms with van der Waals surface area (Å²) in [4.78, 5) is 10.3. The Morgan fingerprint density at radius 1 is 1.19 bits per heavy atom. The third-order valence-electron chi connectivity index (χ3n) is 4.65. The summed E-state index contributed by atoms with van der Waals surface area (Å²) in [5.41, 5.74) is 0. The predicted molar refractivity (Wildman–Crippen MR) is 125 cm³/mol. The van der Waals surface area contributed by atoms with E-state index in [9.17, 15) is 4.39 Å². The molecule has 1 heterocycles. The molecule has 0 aliphatic carbocycles. The van der Waals surface area contributed by atoms with Crippen LogP contribution in [0.2, 0.25) is 0 Å². The van der Waals surface area contributed by atoms with Crippen LogP contribution < -0.4 is 10.6 Å². The summed E-state index contributed by atoms with van der Waals surface area (Å²) in [5.74, 6) is 1.67. The molecule has 1 aromatic rings. The summed E-state index contributed by atoms with van der Waals surface area (Å²) in [6.07, 6.45) is 1.02. The molecule has 0 radical (unpaired) electrons. The maximum Gasteiger partial charge on any atom is 0.191 e. The van der Waals surface area contributed by atoms with Crippen molar-refractivity contribution >= 4 is 41.7 Å². The van der Waals surface area contributed by atoms with E-state index in [1.54, 1.807) is 11.8 Å². The molecule has 0 aromatic heterocycles. The zero-order chi connectivity index (χ0) is 18.8. The Morgan fingerprint density at radius 3 is 2.48 bits per heavy atom. The van der Waals surface area contributed by atoms with Crippen molar-refractivity contribution in [2.75, 3.05) is 59.1 Å². The molecule has 0 bridgehead atoms. The smallest absolute Gasteiger partial charge is 0.191 e. The molecule has 1 aliphatic heterocycles. The second kappa shape index (κ2) is 13.6. The highest BCUT2D eigenvalue weighted by Crippen LogP contribution is 2.18. The highest BCUT2D eigenvalue weighted by molar-refractivity contribution is 14.0. The van der Waals surface area contributed by atoms with Crippen LogP contribution in [-0.4, -0.2) is 80.9 Å². The summed E-state index contributed by atoms with van der Waals surface area (Å²) in [6, 6.07) is 7.17. The van der Waals surface area contributed by atoms with E-state index < -0.39 is 0 Å². The number of nitrogens with one attached hydrogen (secondary N) is 2. The lowest BCUT2D eigenvalue weighted by atomic mass is 10.2. The van der Waals surface area contributed by atoms with Crippen LogP contribution in [0.4, 0.5) is 4.39 Å². The van der Waals surface area contributed by atoms with E-state index in [0.29, 0.717) is 6.04 Å². The highest BCUT2D eigenvalue weighted by atomic mass is 127. The molecule has 1 aliphatic rings. The molecule has 1 atom stereocenters. The van der Waals surface area contributed by atoms with Gasteiger partial charge in [0.25, 0.3) is 0 Å². The van der Waals surface area contributed by atoms with Crippen LogP contribution in [0.25, 0.3) is 0 Å². The minimum absolute atomic E-state index is 0. The van der Waals surface area contributed by atoms with E-state index in [1.807, 2.05) is 19.2 Å². The predicted octanol–water partition coefficient (Wildman–Crippen LogP) is 2.73. The number of thioether (sulfide) groups is 1. The number of halogens is 2. The first-order valence-corrected chi connectivity index (χ1v) is 10.3. The molecule has 0 spiro atoms. The van der Waals surface area contributed by atoms with E-state index in [2.05, 4.69) is 39.4 Å². The summed E-state index contributed by atoms with van der Waals surface area (Å²) in [7, 11) is 3.99. The van der Waals surface area contributed by atoms with Crippen LogP contribution in [-0.2, 0) is 0 Å². The van der Waals surface area contributed by atoms with Crippen LogP contribution in [0.1, 0.15) is 13.3 Å². The van der Waals surface area contributed by atoms with Crippen molar-refractivity contribution in [1.82, 2.24) is 20.4 Å². The maximum atomic E-state index is 12.9. The fraction of sp³-hybridized carbons (Fsp3) is 0.632. The van der Waals surface area contributed by atoms with E-state index in [1.165, 1.54) is 12.1 Å². The molecule has 2 rings (SSSR count). The van der Waals surface area contributed by atoms with E-state index in [0.717, 1.165) is 62.3 Å². The van der Waals surface area contributed by atoms with Crippen LogP contribution >= 0.6 is 35.7 Å². The number of benzene rings is 1. The Bertz CT molecular complexity index is 550. The first-order chi connectivity index (χ1) is 12.6. The highest BCUT2D eigenvalue weighted by Gasteiger charge is 2.18. The Morgan fingerprint density at radius 2 is 1.85 bits per heavy atom. The minimum atomic E-state index is -0.184. The number of hydrogen-bond acceptors (Lipinski definition) is 4. The van der Waals surface area contributed by atoms with Gasteiger partial charge in [0.1, 0.15) is 5.82 Å². The molecule has 1 unspecified atom stereocenters. The van der Waals surface area contributed by atoms with Crippen LogP contribution in [0.15, 0.2) is 34.2 Å². The SMILES string of the molecule is CN=C(NCCCSc1ccc(F)cc1)NCC(C)N1CCN(C)CC1.I. The van der Waals surface area contributed by atoms with Crippen molar-refractivity contribution in [2.24, 2.45) is 4.99 Å². The number of rotatable bonds is 8. The normalized spacial score (nSPS) is 17.3. The maximum absolute atomic E-state index is 12.9. The third kappa shape index (κ3) is 9.45. The van der Waals surface area contributed by atoms with Gasteiger partial charge >= 0.3 is 0 Å². The molecule has 154 valence electrons. The number of likely N-dealkylation sites (N-methyl/N-ethyl adjacent to an activating group) is 1. The van der Waals surface area contributed by atoms with E-state index in [4.69, 9.17) is 0 Å². The standard InChI is InChI=1S/C19H32FN5S.HI/c1-16(25-12-10-24(3)11-13-25)15-23-19(21-2)22-9-4-14-26-18-7-5-17(20)6-8-18;/h5-8,16H,4,9-15H2,1-3H3,(H2,21,22,23);1H. The number of hydrogen-bond donors (Lipinski definition) is 2. The topological polar surface area (TPSA) is 42.9 Å². The first kappa shape index (κ1) is 24.5. The van der Waals surface area contributed by atoms with Gasteiger partial charge in [0.2, 0.25) is 0 Å². The van der Waals surface area contributed by atoms with Crippen molar-refractivity contribution in [3.8, 4) is 0 Å². The lowest BCUT2D eigenvalue weighted by Gasteiger charge is -2.36. The van der Waals surface area contributed by atoms with Gasteiger partial charge in [-0.2, -0.15) is 0 Å². The number of guanidine groups is 1. The van der Waals surface area contributed by atoms with Crippen LogP contribution in [0, 0.1) is 5.82 Å². The second-order valence-corrected chi connectivity index (χ2v) is 7.89. The van der Waals surface area contributed by atoms with E-state index in [-0.39, 0.29) is 29.8 Å². The van der Waals surface area contributed by atoms with Crippen molar-refractivity contribution in [3.05, 3.63) is 30.1 Å². The van der Waals surface area contributed by atoms with Crippen molar-refractivity contribution in [1.29, 1.82) is 0 Å². The number of piperazine rings is 1. The van der Waals surface area contributed by atoms with Gasteiger partial charge < -0.3 is 15.5 Å². The van der Waals surface area contributed by atoms with Gasteiger partial charge in [0.05, 0.1) is 0 Å². The molecule has 8 heteroatoms. The Hall–Kier alpha value is -0.580. The Balaban J connectivity index is 0.00000364. The largest absolute Gasteiger partial charge is 0.356 e. The van der Waals surface area contributed by atoms with Crippen molar-refractivity contribution < 1.29 is 4.39 Å². The second-order valence-electron chi connectivity index (χ2n) is 6.72. The van der Waals surface area contributed by atoms with Crippen LogP contribution in [0.3, 0.4) is 0 Å². The fourth-order valence-corrected chi connectivity index (χ4v) is 3.71. The molecular formula is C19H33FIN5S. The molecule has 5 nitrogen and oxygen atoms in total. The quantitative estimate of drug-likeness (QED) is 0.186. The van der Waals surface area contributed by atoms with Gasteiger partial charge in [0, 0.05) is 57.3 Å². The monoisotopic (exact) mass is 509 g/mol. The number of aliphatic imine (C=N–C) groups is 1. The van der Waals surface area contributed by atoms with Gasteiger partial charge in [0.15, 0.2) is 5.96 Å². The summed E-state index contributed by atoms with van der Waals surface area (Å²) in [5, 5.41) is 6.80. The average molecular weight is 509 g/mol. The van der Waals surface area contributed by atoms with Gasteiger partial charge in [-0.05, 0) is 50.4 Å². The molecule has 1 fully saturated rings. The van der Waals surface area contributed by atoms with Gasteiger partial charge in [-0.1, -0.05) is 0 Å². The average Bonchev–Trinajstić information content (AvgIpc) is 2.65. The summed E-state index contributed by atoms with van der Waals surface area (Å²) in [6.45, 7) is 8.58. The zero-order valence-electron chi connectivity index (χ0n) is 16.6. The van der Waals surface area contributed by atoms with Gasteiger partial charge in [-0.15, -0.1) is 35.7 Å². The molecule has 2 N–H and O–H groups in total. The Kier molecular flexibility index (Phi) is 12.3. The fourth-order valence-electron chi connectivity index (χ4n) is 2.86.